The van der Waals surface area contributed by atoms with Crippen LogP contribution in [0.5, 0.6) is 0 Å². The number of carbonyl (C=O) groups excluding carboxylic acids is 1. The molecule has 1 saturated heterocycles. The molecule has 0 radical (unpaired) electrons. The molecule has 2 aromatic rings. The molecule has 0 aliphatic carbocycles. The quantitative estimate of drug-likeness (QED) is 0.478. The number of carbonyl (C=O) groups is 1. The Morgan fingerprint density at radius 1 is 1.19 bits per heavy atom. The van der Waals surface area contributed by atoms with Gasteiger partial charge in [0.1, 0.15) is 44.2 Å². The van der Waals surface area contributed by atoms with Crippen LogP contribution < -0.4 is 15.2 Å². The van der Waals surface area contributed by atoms with Crippen LogP contribution in [0.2, 0.25) is 5.02 Å². The molecule has 1 amide bonds. The minimum Gasteiger partial charge on any atom is -0.460 e. The Hall–Kier alpha value is -2.15. The maximum atomic E-state index is 12.0. The number of rotatable bonds is 6. The fourth-order valence-corrected chi connectivity index (χ4v) is 3.38. The van der Waals surface area contributed by atoms with Crippen molar-refractivity contribution in [1.82, 2.24) is 5.43 Å². The number of nitrogens with zero attached hydrogens (tertiary/aromatic N) is 1. The van der Waals surface area contributed by atoms with Crippen LogP contribution in [0.15, 0.2) is 45.9 Å². The third kappa shape index (κ3) is 5.42. The smallest absolute Gasteiger partial charge is 0.295 e. The Morgan fingerprint density at radius 2 is 1.92 bits per heavy atom. The lowest BCUT2D eigenvalue weighted by Gasteiger charge is -2.29. The predicted molar refractivity (Wildman–Crippen MR) is 101 cm³/mol. The van der Waals surface area contributed by atoms with Gasteiger partial charge in [0.15, 0.2) is 6.54 Å². The third-order valence-electron chi connectivity index (χ3n) is 4.62. The second kappa shape index (κ2) is 8.98. The van der Waals surface area contributed by atoms with Crippen molar-refractivity contribution in [3.63, 3.8) is 0 Å². The summed E-state index contributed by atoms with van der Waals surface area (Å²) in [7, 11) is 0. The van der Waals surface area contributed by atoms with E-state index in [4.69, 9.17) is 16.0 Å². The van der Waals surface area contributed by atoms with E-state index in [9.17, 15) is 4.79 Å². The van der Waals surface area contributed by atoms with Gasteiger partial charge < -0.3 is 14.2 Å². The number of furan rings is 1. The van der Waals surface area contributed by atoms with E-state index in [2.05, 4.69) is 16.6 Å². The van der Waals surface area contributed by atoms with Crippen molar-refractivity contribution in [1.29, 1.82) is 0 Å². The molecule has 1 aromatic carbocycles. The summed E-state index contributed by atoms with van der Waals surface area (Å²) in [6.45, 7) is 7.24. The van der Waals surface area contributed by atoms with Crippen LogP contribution in [0, 0.1) is 6.92 Å². The number of benzene rings is 1. The topological polar surface area (TPSA) is 63.5 Å². The standard InChI is InChI=1S/C19H23ClN4O2/c1-15-6-7-17(26-15)12-21-22-19(25)14-24-10-8-23(9-11-24)13-16-4-2-3-5-18(16)20/h2-7,12H,8-11,13-14H2,1H3,(H,22,25)/p+2/b21-12+. The summed E-state index contributed by atoms with van der Waals surface area (Å²) in [6.07, 6.45) is 1.52. The molecule has 1 aliphatic rings. The van der Waals surface area contributed by atoms with Crippen LogP contribution in [-0.2, 0) is 11.3 Å². The maximum absolute atomic E-state index is 12.0. The number of aryl methyl sites for hydroxylation is 1. The zero-order valence-electron chi connectivity index (χ0n) is 14.9. The number of nitrogens with one attached hydrogen (secondary N) is 3. The average Bonchev–Trinajstić information content (AvgIpc) is 3.04. The molecule has 2 heterocycles. The molecule has 3 N–H and O–H groups in total. The lowest BCUT2D eigenvalue weighted by molar-refractivity contribution is -1.02. The number of hydrazone groups is 1. The van der Waals surface area contributed by atoms with E-state index in [0.717, 1.165) is 43.5 Å². The summed E-state index contributed by atoms with van der Waals surface area (Å²) >= 11 is 6.24. The average molecular weight is 377 g/mol. The van der Waals surface area contributed by atoms with Gasteiger partial charge in [-0.15, -0.1) is 0 Å². The summed E-state index contributed by atoms with van der Waals surface area (Å²) in [4.78, 5) is 14.8. The zero-order chi connectivity index (χ0) is 18.4. The molecule has 0 unspecified atom stereocenters. The minimum absolute atomic E-state index is 0.0749. The van der Waals surface area contributed by atoms with Gasteiger partial charge in [-0.1, -0.05) is 29.8 Å². The summed E-state index contributed by atoms with van der Waals surface area (Å²) in [5.41, 5.74) is 3.76. The van der Waals surface area contributed by atoms with Gasteiger partial charge in [0.2, 0.25) is 0 Å². The highest BCUT2D eigenvalue weighted by molar-refractivity contribution is 6.31. The zero-order valence-corrected chi connectivity index (χ0v) is 15.7. The molecule has 3 rings (SSSR count). The highest BCUT2D eigenvalue weighted by Crippen LogP contribution is 2.13. The van der Waals surface area contributed by atoms with Crippen molar-refractivity contribution in [3.05, 3.63) is 58.5 Å². The number of hydrogen-bond acceptors (Lipinski definition) is 3. The molecule has 0 bridgehead atoms. The maximum Gasteiger partial charge on any atom is 0.295 e. The van der Waals surface area contributed by atoms with Gasteiger partial charge in [0.05, 0.1) is 6.21 Å². The molecule has 0 spiro atoms. The van der Waals surface area contributed by atoms with Crippen molar-refractivity contribution < 1.29 is 19.0 Å². The van der Waals surface area contributed by atoms with Gasteiger partial charge in [-0.05, 0) is 25.1 Å². The summed E-state index contributed by atoms with van der Waals surface area (Å²) < 4.78 is 5.37. The van der Waals surface area contributed by atoms with Crippen LogP contribution in [-0.4, -0.2) is 44.8 Å². The second-order valence-corrected chi connectivity index (χ2v) is 7.09. The molecule has 138 valence electrons. The van der Waals surface area contributed by atoms with Gasteiger partial charge in [0.25, 0.3) is 5.91 Å². The van der Waals surface area contributed by atoms with Crippen molar-refractivity contribution in [2.45, 2.75) is 13.5 Å². The third-order valence-corrected chi connectivity index (χ3v) is 4.98. The first-order valence-corrected chi connectivity index (χ1v) is 9.27. The van der Waals surface area contributed by atoms with Crippen LogP contribution in [0.3, 0.4) is 0 Å². The first-order chi connectivity index (χ1) is 12.6. The van der Waals surface area contributed by atoms with Gasteiger partial charge in [-0.25, -0.2) is 5.43 Å². The molecule has 26 heavy (non-hydrogen) atoms. The molecule has 0 atom stereocenters. The molecular formula is C19H25ClN4O2+2. The summed E-state index contributed by atoms with van der Waals surface area (Å²) in [6, 6.07) is 11.7. The molecular weight excluding hydrogens is 352 g/mol. The van der Waals surface area contributed by atoms with Crippen LogP contribution in [0.25, 0.3) is 0 Å². The Balaban J connectivity index is 1.39. The van der Waals surface area contributed by atoms with E-state index in [0.29, 0.717) is 12.3 Å². The van der Waals surface area contributed by atoms with E-state index in [1.807, 2.05) is 37.3 Å². The number of piperazine rings is 1. The van der Waals surface area contributed by atoms with Crippen LogP contribution in [0.4, 0.5) is 0 Å². The van der Waals surface area contributed by atoms with Gasteiger partial charge >= 0.3 is 0 Å². The van der Waals surface area contributed by atoms with Gasteiger partial charge in [-0.3, -0.25) is 4.79 Å². The summed E-state index contributed by atoms with van der Waals surface area (Å²) in [5, 5.41) is 4.78. The Kier molecular flexibility index (Phi) is 6.44. The number of hydrogen-bond donors (Lipinski definition) is 3. The largest absolute Gasteiger partial charge is 0.460 e. The molecule has 0 saturated carbocycles. The number of halogens is 1. The minimum atomic E-state index is -0.0749. The van der Waals surface area contributed by atoms with Crippen molar-refractivity contribution in [2.24, 2.45) is 5.10 Å². The molecule has 1 aliphatic heterocycles. The monoisotopic (exact) mass is 376 g/mol. The highest BCUT2D eigenvalue weighted by Gasteiger charge is 2.25. The Morgan fingerprint density at radius 3 is 2.62 bits per heavy atom. The SMILES string of the molecule is Cc1ccc(/C=N/NC(=O)C[NH+]2CC[NH+](Cc3ccccc3Cl)CC2)o1. The molecule has 1 aromatic heterocycles. The van der Waals surface area contributed by atoms with Crippen LogP contribution in [0.1, 0.15) is 17.1 Å². The fraction of sp³-hybridized carbons (Fsp3) is 0.368. The Labute approximate surface area is 158 Å². The van der Waals surface area contributed by atoms with Crippen molar-refractivity contribution >= 4 is 23.7 Å². The first-order valence-electron chi connectivity index (χ1n) is 8.89. The Bertz CT molecular complexity index is 766. The molecule has 1 fully saturated rings. The number of quaternary nitrogens is 2. The first kappa shape index (κ1) is 18.6. The van der Waals surface area contributed by atoms with Crippen molar-refractivity contribution in [2.75, 3.05) is 32.7 Å². The number of amides is 1. The summed E-state index contributed by atoms with van der Waals surface area (Å²) in [5.74, 6) is 1.38. The van der Waals surface area contributed by atoms with Crippen LogP contribution >= 0.6 is 11.6 Å². The lowest BCUT2D eigenvalue weighted by Crippen LogP contribution is -3.28. The highest BCUT2D eigenvalue weighted by atomic mass is 35.5. The normalized spacial score (nSPS) is 20.4. The molecule has 6 nitrogen and oxygen atoms in total. The van der Waals surface area contributed by atoms with Gasteiger partial charge in [-0.2, -0.15) is 5.10 Å². The van der Waals surface area contributed by atoms with E-state index in [-0.39, 0.29) is 5.91 Å². The van der Waals surface area contributed by atoms with Gasteiger partial charge in [0, 0.05) is 10.6 Å². The lowest BCUT2D eigenvalue weighted by atomic mass is 10.2. The fourth-order valence-electron chi connectivity index (χ4n) is 3.18. The van der Waals surface area contributed by atoms with E-state index in [1.165, 1.54) is 21.6 Å². The van der Waals surface area contributed by atoms with Crippen molar-refractivity contribution in [3.8, 4) is 0 Å². The van der Waals surface area contributed by atoms with E-state index in [1.54, 1.807) is 0 Å². The van der Waals surface area contributed by atoms with E-state index < -0.39 is 0 Å². The predicted octanol–water partition coefficient (Wildman–Crippen LogP) is -0.325. The second-order valence-electron chi connectivity index (χ2n) is 6.69. The van der Waals surface area contributed by atoms with E-state index >= 15 is 0 Å². The molecule has 7 heteroatoms.